The number of nitrogens with zero attached hydrogens (tertiary/aromatic N) is 2. The van der Waals surface area contributed by atoms with Crippen molar-refractivity contribution < 1.29 is 32.3 Å². The normalized spacial score (nSPS) is 19.9. The summed E-state index contributed by atoms with van der Waals surface area (Å²) in [7, 11) is 0. The first-order valence-corrected chi connectivity index (χ1v) is 8.85. The zero-order valence-corrected chi connectivity index (χ0v) is 14.8. The average molecular weight is 400 g/mol. The van der Waals surface area contributed by atoms with Gasteiger partial charge in [-0.3, -0.25) is 19.3 Å². The Morgan fingerprint density at radius 1 is 1.15 bits per heavy atom. The van der Waals surface area contributed by atoms with E-state index < -0.39 is 22.9 Å². The number of rotatable bonds is 3. The molecule has 0 spiro atoms. The predicted molar refractivity (Wildman–Crippen MR) is 91.5 cm³/mol. The van der Waals surface area contributed by atoms with E-state index in [1.165, 1.54) is 23.1 Å². The van der Waals surface area contributed by atoms with Gasteiger partial charge < -0.3 is 9.64 Å². The zero-order chi connectivity index (χ0) is 19.6. The number of hydrogen-bond donors (Lipinski definition) is 0. The van der Waals surface area contributed by atoms with Crippen LogP contribution in [0.1, 0.15) is 11.1 Å². The molecule has 6 nitrogen and oxygen atoms in total. The highest BCUT2D eigenvalue weighted by molar-refractivity contribution is 8.18. The Balaban J connectivity index is 1.69. The maximum Gasteiger partial charge on any atom is 0.416 e. The number of ether oxygens (including phenoxy) is 1. The Labute approximate surface area is 156 Å². The largest absolute Gasteiger partial charge is 0.416 e. The van der Waals surface area contributed by atoms with Crippen molar-refractivity contribution in [2.75, 3.05) is 32.8 Å². The lowest BCUT2D eigenvalue weighted by Crippen LogP contribution is -2.46. The van der Waals surface area contributed by atoms with E-state index in [1.54, 1.807) is 0 Å². The van der Waals surface area contributed by atoms with Gasteiger partial charge in [0.05, 0.1) is 23.7 Å². The maximum atomic E-state index is 12.6. The first kappa shape index (κ1) is 19.4. The Kier molecular flexibility index (Phi) is 5.56. The molecule has 0 aromatic heterocycles. The number of carbonyl (C=O) groups is 3. The Bertz CT molecular complexity index is 786. The molecule has 144 valence electrons. The fourth-order valence-electron chi connectivity index (χ4n) is 2.60. The topological polar surface area (TPSA) is 66.9 Å². The van der Waals surface area contributed by atoms with E-state index in [2.05, 4.69) is 0 Å². The van der Waals surface area contributed by atoms with Gasteiger partial charge >= 0.3 is 6.18 Å². The summed E-state index contributed by atoms with van der Waals surface area (Å²) in [5, 5.41) is -0.584. The molecule has 0 N–H and O–H groups in total. The molecule has 2 aliphatic heterocycles. The van der Waals surface area contributed by atoms with Crippen LogP contribution in [0, 0.1) is 0 Å². The van der Waals surface area contributed by atoms with E-state index in [0.717, 1.165) is 17.0 Å². The third-order valence-corrected chi connectivity index (χ3v) is 4.97. The fourth-order valence-corrected chi connectivity index (χ4v) is 3.44. The molecule has 2 heterocycles. The molecule has 0 radical (unpaired) electrons. The van der Waals surface area contributed by atoms with Crippen LogP contribution in [-0.4, -0.2) is 59.7 Å². The number of benzene rings is 1. The number of thioether (sulfide) groups is 1. The summed E-state index contributed by atoms with van der Waals surface area (Å²) in [5.74, 6) is -0.983. The highest BCUT2D eigenvalue weighted by Crippen LogP contribution is 2.33. The molecule has 10 heteroatoms. The zero-order valence-electron chi connectivity index (χ0n) is 14.0. The Hall–Kier alpha value is -2.33. The third kappa shape index (κ3) is 4.51. The van der Waals surface area contributed by atoms with E-state index in [0.29, 0.717) is 43.6 Å². The van der Waals surface area contributed by atoms with Crippen LogP contribution in [0.2, 0.25) is 0 Å². The van der Waals surface area contributed by atoms with Crippen LogP contribution in [0.4, 0.5) is 18.0 Å². The lowest BCUT2D eigenvalue weighted by Gasteiger charge is -2.28. The summed E-state index contributed by atoms with van der Waals surface area (Å²) >= 11 is 0.656. The van der Waals surface area contributed by atoms with Crippen LogP contribution >= 0.6 is 11.8 Å². The van der Waals surface area contributed by atoms with Crippen molar-refractivity contribution in [3.8, 4) is 0 Å². The van der Waals surface area contributed by atoms with Crippen molar-refractivity contribution >= 4 is 34.9 Å². The number of imide groups is 1. The summed E-state index contributed by atoms with van der Waals surface area (Å²) in [6.07, 6.45) is -3.11. The Morgan fingerprint density at radius 3 is 2.37 bits per heavy atom. The molecule has 1 aromatic rings. The molecule has 0 aliphatic carbocycles. The van der Waals surface area contributed by atoms with Crippen molar-refractivity contribution in [1.29, 1.82) is 0 Å². The molecule has 0 bridgehead atoms. The molecule has 2 aliphatic rings. The van der Waals surface area contributed by atoms with Crippen molar-refractivity contribution in [2.45, 2.75) is 6.18 Å². The highest BCUT2D eigenvalue weighted by atomic mass is 32.2. The quantitative estimate of drug-likeness (QED) is 0.730. The minimum Gasteiger partial charge on any atom is -0.378 e. The van der Waals surface area contributed by atoms with E-state index in [4.69, 9.17) is 4.74 Å². The third-order valence-electron chi connectivity index (χ3n) is 4.07. The number of amides is 3. The number of morpholine rings is 1. The van der Waals surface area contributed by atoms with Crippen LogP contribution in [-0.2, 0) is 20.5 Å². The van der Waals surface area contributed by atoms with Gasteiger partial charge in [0, 0.05) is 13.1 Å². The van der Waals surface area contributed by atoms with Gasteiger partial charge in [0.1, 0.15) is 6.54 Å². The fraction of sp³-hybridized carbons (Fsp3) is 0.353. The van der Waals surface area contributed by atoms with Gasteiger partial charge in [0.15, 0.2) is 0 Å². The summed E-state index contributed by atoms with van der Waals surface area (Å²) in [5.41, 5.74) is -0.447. The van der Waals surface area contributed by atoms with E-state index >= 15 is 0 Å². The minimum absolute atomic E-state index is 0.0644. The van der Waals surface area contributed by atoms with Gasteiger partial charge in [-0.25, -0.2) is 0 Å². The molecule has 2 saturated heterocycles. The van der Waals surface area contributed by atoms with Gasteiger partial charge in [0.2, 0.25) is 5.91 Å². The van der Waals surface area contributed by atoms with Gasteiger partial charge in [-0.2, -0.15) is 13.2 Å². The van der Waals surface area contributed by atoms with Crippen molar-refractivity contribution in [1.82, 2.24) is 9.80 Å². The second kappa shape index (κ2) is 7.73. The Morgan fingerprint density at radius 2 is 1.78 bits per heavy atom. The van der Waals surface area contributed by atoms with E-state index in [-0.39, 0.29) is 17.4 Å². The second-order valence-electron chi connectivity index (χ2n) is 5.88. The molecule has 3 amide bonds. The monoisotopic (exact) mass is 400 g/mol. The molecule has 27 heavy (non-hydrogen) atoms. The predicted octanol–water partition coefficient (Wildman–Crippen LogP) is 2.60. The molecule has 1 aromatic carbocycles. The van der Waals surface area contributed by atoms with Crippen LogP contribution in [0.25, 0.3) is 6.08 Å². The summed E-state index contributed by atoms with van der Waals surface area (Å²) < 4.78 is 42.9. The van der Waals surface area contributed by atoms with Gasteiger partial charge in [0.25, 0.3) is 11.1 Å². The first-order valence-electron chi connectivity index (χ1n) is 8.04. The minimum atomic E-state index is -4.45. The molecule has 3 rings (SSSR count). The average Bonchev–Trinajstić information content (AvgIpc) is 2.89. The number of halogens is 3. The summed E-state index contributed by atoms with van der Waals surface area (Å²) in [4.78, 5) is 39.1. The van der Waals surface area contributed by atoms with Crippen molar-refractivity contribution in [2.24, 2.45) is 0 Å². The van der Waals surface area contributed by atoms with Gasteiger partial charge in [-0.05, 0) is 35.5 Å². The molecule has 0 unspecified atom stereocenters. The van der Waals surface area contributed by atoms with E-state index in [1.807, 2.05) is 0 Å². The summed E-state index contributed by atoms with van der Waals surface area (Å²) in [6, 6.07) is 4.24. The van der Waals surface area contributed by atoms with Crippen molar-refractivity contribution in [3.63, 3.8) is 0 Å². The SMILES string of the molecule is O=C(CN1C(=O)S/C(=C/c2ccc(C(F)(F)F)cc2)C1=O)N1CCOCC1. The standard InChI is InChI=1S/C17H15F3N2O4S/c18-17(19,20)12-3-1-11(2-4-12)9-13-15(24)22(16(25)27-13)10-14(23)21-5-7-26-8-6-21/h1-4,9H,5-8,10H2/b13-9+. The maximum absolute atomic E-state index is 12.6. The molecular weight excluding hydrogens is 385 g/mol. The van der Waals surface area contributed by atoms with Crippen LogP contribution in [0.3, 0.4) is 0 Å². The van der Waals surface area contributed by atoms with Crippen molar-refractivity contribution in [3.05, 3.63) is 40.3 Å². The highest BCUT2D eigenvalue weighted by Gasteiger charge is 2.37. The van der Waals surface area contributed by atoms with Gasteiger partial charge in [-0.15, -0.1) is 0 Å². The van der Waals surface area contributed by atoms with Crippen LogP contribution in [0.15, 0.2) is 29.2 Å². The lowest BCUT2D eigenvalue weighted by atomic mass is 10.1. The summed E-state index contributed by atoms with van der Waals surface area (Å²) in [6.45, 7) is 1.24. The number of hydrogen-bond acceptors (Lipinski definition) is 5. The van der Waals surface area contributed by atoms with E-state index in [9.17, 15) is 27.6 Å². The van der Waals surface area contributed by atoms with Crippen LogP contribution < -0.4 is 0 Å². The first-order chi connectivity index (χ1) is 12.8. The molecule has 2 fully saturated rings. The van der Waals surface area contributed by atoms with Gasteiger partial charge in [-0.1, -0.05) is 12.1 Å². The molecule has 0 saturated carbocycles. The van der Waals surface area contributed by atoms with Crippen LogP contribution in [0.5, 0.6) is 0 Å². The second-order valence-corrected chi connectivity index (χ2v) is 6.87. The molecule has 0 atom stereocenters. The number of carbonyl (C=O) groups excluding carboxylic acids is 3. The number of alkyl halides is 3. The lowest BCUT2D eigenvalue weighted by molar-refractivity contribution is -0.139. The molecular formula is C17H15F3N2O4S. The smallest absolute Gasteiger partial charge is 0.378 e.